The van der Waals surface area contributed by atoms with Gasteiger partial charge in [0.25, 0.3) is 0 Å². The summed E-state index contributed by atoms with van der Waals surface area (Å²) in [6, 6.07) is 6.22. The van der Waals surface area contributed by atoms with Crippen LogP contribution in [0.3, 0.4) is 0 Å². The molecular weight excluding hydrogens is 413 g/mol. The van der Waals surface area contributed by atoms with E-state index in [1.54, 1.807) is 0 Å². The Kier molecular flexibility index (Phi) is 8.30. The van der Waals surface area contributed by atoms with Gasteiger partial charge in [0.2, 0.25) is 0 Å². The molecule has 4 rings (SSSR count). The van der Waals surface area contributed by atoms with Crippen LogP contribution in [0.25, 0.3) is 0 Å². The number of fused-ring (bicyclic) bond motifs is 1. The van der Waals surface area contributed by atoms with Gasteiger partial charge in [-0.2, -0.15) is 13.2 Å². The molecule has 3 heterocycles. The second kappa shape index (κ2) is 10.7. The smallest absolute Gasteiger partial charge is 0.475 e. The molecule has 1 aliphatic carbocycles. The minimum Gasteiger partial charge on any atom is -0.475 e. The summed E-state index contributed by atoms with van der Waals surface area (Å²) in [7, 11) is 0. The summed E-state index contributed by atoms with van der Waals surface area (Å²) in [6.07, 6.45) is 3.25. The first-order valence-electron chi connectivity index (χ1n) is 10.9. The number of carboxylic acid groups (broad SMARTS) is 1. The Balaban J connectivity index is 0.000000339. The number of hydrogen-bond donors (Lipinski definition) is 1. The van der Waals surface area contributed by atoms with Crippen LogP contribution in [0.4, 0.5) is 13.2 Å². The van der Waals surface area contributed by atoms with Crippen LogP contribution in [0.5, 0.6) is 0 Å². The molecular formula is C22H31F3N2O4. The molecule has 0 unspecified atom stereocenters. The maximum Gasteiger partial charge on any atom is 0.490 e. The highest BCUT2D eigenvalue weighted by molar-refractivity contribution is 5.73. The predicted molar refractivity (Wildman–Crippen MR) is 107 cm³/mol. The largest absolute Gasteiger partial charge is 0.490 e. The van der Waals surface area contributed by atoms with Crippen LogP contribution in [-0.2, 0) is 20.8 Å². The van der Waals surface area contributed by atoms with Crippen molar-refractivity contribution in [2.75, 3.05) is 39.5 Å². The molecule has 0 amide bonds. The number of nitrogens with zero attached hydrogens (tertiary/aromatic N) is 2. The highest BCUT2D eigenvalue weighted by Crippen LogP contribution is 2.49. The van der Waals surface area contributed by atoms with Crippen LogP contribution in [0.1, 0.15) is 37.8 Å². The summed E-state index contributed by atoms with van der Waals surface area (Å²) in [6.45, 7) is 7.10. The number of aromatic nitrogens is 1. The van der Waals surface area contributed by atoms with E-state index in [1.165, 1.54) is 50.9 Å². The zero-order valence-electron chi connectivity index (χ0n) is 17.6. The fraction of sp³-hybridized carbons (Fsp3) is 0.727. The van der Waals surface area contributed by atoms with Gasteiger partial charge in [0.05, 0.1) is 12.3 Å². The molecule has 2 saturated heterocycles. The van der Waals surface area contributed by atoms with Gasteiger partial charge in [-0.1, -0.05) is 12.5 Å². The minimum atomic E-state index is -5.08. The van der Waals surface area contributed by atoms with Crippen LogP contribution in [0.2, 0.25) is 0 Å². The Morgan fingerprint density at radius 1 is 1.29 bits per heavy atom. The molecule has 31 heavy (non-hydrogen) atoms. The normalized spacial score (nSPS) is 26.9. The second-order valence-electron chi connectivity index (χ2n) is 8.82. The number of likely N-dealkylation sites (tertiary alicyclic amines) is 1. The lowest BCUT2D eigenvalue weighted by Crippen LogP contribution is -2.33. The predicted octanol–water partition coefficient (Wildman–Crippen LogP) is 3.76. The van der Waals surface area contributed by atoms with E-state index in [0.29, 0.717) is 11.3 Å². The molecule has 0 spiro atoms. The first-order chi connectivity index (χ1) is 14.8. The van der Waals surface area contributed by atoms with Crippen molar-refractivity contribution >= 4 is 5.97 Å². The number of halogens is 3. The van der Waals surface area contributed by atoms with E-state index < -0.39 is 12.1 Å². The van der Waals surface area contributed by atoms with E-state index in [1.807, 2.05) is 12.3 Å². The zero-order valence-corrected chi connectivity index (χ0v) is 17.6. The minimum absolute atomic E-state index is 0.403. The van der Waals surface area contributed by atoms with E-state index in [2.05, 4.69) is 22.0 Å². The van der Waals surface area contributed by atoms with E-state index in [4.69, 9.17) is 19.4 Å². The van der Waals surface area contributed by atoms with Gasteiger partial charge >= 0.3 is 12.1 Å². The summed E-state index contributed by atoms with van der Waals surface area (Å²) in [5.74, 6) is -1.23. The Hall–Kier alpha value is -1.71. The monoisotopic (exact) mass is 444 g/mol. The van der Waals surface area contributed by atoms with Crippen LogP contribution in [0, 0.1) is 17.3 Å². The highest BCUT2D eigenvalue weighted by Gasteiger charge is 2.49. The number of hydrogen-bond acceptors (Lipinski definition) is 5. The number of carboxylic acids is 1. The van der Waals surface area contributed by atoms with Crippen molar-refractivity contribution in [1.29, 1.82) is 0 Å². The molecule has 6 nitrogen and oxygen atoms in total. The molecule has 9 heteroatoms. The number of rotatable bonds is 6. The van der Waals surface area contributed by atoms with E-state index >= 15 is 0 Å². The fourth-order valence-corrected chi connectivity index (χ4v) is 4.94. The lowest BCUT2D eigenvalue weighted by molar-refractivity contribution is -0.192. The highest BCUT2D eigenvalue weighted by atomic mass is 19.4. The summed E-state index contributed by atoms with van der Waals surface area (Å²) < 4.78 is 43.4. The average molecular weight is 444 g/mol. The zero-order chi connectivity index (χ0) is 22.3. The quantitative estimate of drug-likeness (QED) is 0.721. The third-order valence-corrected chi connectivity index (χ3v) is 6.55. The Bertz CT molecular complexity index is 698. The molecule has 3 fully saturated rings. The lowest BCUT2D eigenvalue weighted by atomic mass is 9.81. The second-order valence-corrected chi connectivity index (χ2v) is 8.82. The van der Waals surface area contributed by atoms with Crippen molar-refractivity contribution in [3.63, 3.8) is 0 Å². The van der Waals surface area contributed by atoms with Crippen molar-refractivity contribution in [3.05, 3.63) is 30.1 Å². The van der Waals surface area contributed by atoms with Crippen molar-refractivity contribution < 1.29 is 32.5 Å². The van der Waals surface area contributed by atoms with E-state index in [0.717, 1.165) is 38.9 Å². The summed E-state index contributed by atoms with van der Waals surface area (Å²) >= 11 is 0. The average Bonchev–Trinajstić information content (AvgIpc) is 3.26. The molecule has 0 aromatic carbocycles. The van der Waals surface area contributed by atoms with E-state index in [-0.39, 0.29) is 0 Å². The van der Waals surface area contributed by atoms with Gasteiger partial charge in [0.15, 0.2) is 0 Å². The SMILES string of the molecule is O=C(O)C(F)(F)F.c1ccc(CN2C[C@H]3CCC[C@@]3(COCC3CCOCC3)C2)nc1. The third-order valence-electron chi connectivity index (χ3n) is 6.55. The standard InChI is InChI=1S/C20H30N2O2.C2HF3O2/c1-2-9-21-19(5-1)13-22-12-18-4-3-8-20(18,15-22)16-24-14-17-6-10-23-11-7-17;3-2(4,5)1(6)7/h1-2,5,9,17-18H,3-4,6-8,10-16H2;(H,6,7)/t18-,20+;/m1./s1. The molecule has 3 aliphatic rings. The molecule has 174 valence electrons. The molecule has 1 saturated carbocycles. The van der Waals surface area contributed by atoms with Gasteiger partial charge in [0, 0.05) is 51.1 Å². The Labute approximate surface area is 180 Å². The lowest BCUT2D eigenvalue weighted by Gasteiger charge is -2.30. The van der Waals surface area contributed by atoms with Gasteiger partial charge in [-0.25, -0.2) is 4.79 Å². The molecule has 0 bridgehead atoms. The molecule has 1 aromatic rings. The van der Waals surface area contributed by atoms with Crippen molar-refractivity contribution in [2.24, 2.45) is 17.3 Å². The van der Waals surface area contributed by atoms with Gasteiger partial charge in [-0.15, -0.1) is 0 Å². The number of pyridine rings is 1. The molecule has 0 radical (unpaired) electrons. The van der Waals surface area contributed by atoms with Gasteiger partial charge in [-0.05, 0) is 49.7 Å². The van der Waals surface area contributed by atoms with E-state index in [9.17, 15) is 13.2 Å². The molecule has 1 aromatic heterocycles. The fourth-order valence-electron chi connectivity index (χ4n) is 4.94. The van der Waals surface area contributed by atoms with Crippen LogP contribution >= 0.6 is 0 Å². The first kappa shape index (κ1) is 23.9. The summed E-state index contributed by atoms with van der Waals surface area (Å²) in [5.41, 5.74) is 1.59. The number of carbonyl (C=O) groups is 1. The maximum atomic E-state index is 10.6. The van der Waals surface area contributed by atoms with Gasteiger partial charge < -0.3 is 14.6 Å². The van der Waals surface area contributed by atoms with Crippen LogP contribution in [0.15, 0.2) is 24.4 Å². The number of aliphatic carboxylic acids is 1. The van der Waals surface area contributed by atoms with Gasteiger partial charge in [0.1, 0.15) is 0 Å². The maximum absolute atomic E-state index is 10.6. The van der Waals surface area contributed by atoms with Crippen molar-refractivity contribution in [3.8, 4) is 0 Å². The summed E-state index contributed by atoms with van der Waals surface area (Å²) in [5, 5.41) is 7.12. The van der Waals surface area contributed by atoms with Crippen LogP contribution in [-0.4, -0.2) is 66.7 Å². The Morgan fingerprint density at radius 2 is 2.03 bits per heavy atom. The first-order valence-corrected chi connectivity index (χ1v) is 10.9. The third kappa shape index (κ3) is 6.89. The molecule has 1 N–H and O–H groups in total. The van der Waals surface area contributed by atoms with Crippen molar-refractivity contribution in [1.82, 2.24) is 9.88 Å². The van der Waals surface area contributed by atoms with Crippen molar-refractivity contribution in [2.45, 2.75) is 44.8 Å². The van der Waals surface area contributed by atoms with Crippen LogP contribution < -0.4 is 0 Å². The van der Waals surface area contributed by atoms with Gasteiger partial charge in [-0.3, -0.25) is 9.88 Å². The topological polar surface area (TPSA) is 71.9 Å². The molecule has 2 aliphatic heterocycles. The summed E-state index contributed by atoms with van der Waals surface area (Å²) in [4.78, 5) is 16.0. The number of alkyl halides is 3. The number of ether oxygens (including phenoxy) is 2. The molecule has 2 atom stereocenters. The Morgan fingerprint density at radius 3 is 2.68 bits per heavy atom.